The Kier molecular flexibility index (Phi) is 5.02. The van der Waals surface area contributed by atoms with Crippen LogP contribution >= 0.6 is 23.2 Å². The number of rotatable bonds is 4. The molecule has 0 aromatic heterocycles. The third kappa shape index (κ3) is 3.14. The van der Waals surface area contributed by atoms with Crippen LogP contribution in [0.5, 0.6) is 0 Å². The minimum atomic E-state index is -0.903. The highest BCUT2D eigenvalue weighted by Gasteiger charge is 2.35. The third-order valence-corrected chi connectivity index (χ3v) is 4.12. The maximum absolute atomic E-state index is 12.6. The second kappa shape index (κ2) is 6.57. The van der Waals surface area contributed by atoms with Gasteiger partial charge < -0.3 is 4.74 Å². The minimum absolute atomic E-state index is 0.294. The van der Waals surface area contributed by atoms with Crippen LogP contribution in [0.15, 0.2) is 18.2 Å². The summed E-state index contributed by atoms with van der Waals surface area (Å²) in [5.74, 6) is -0.847. The van der Waals surface area contributed by atoms with E-state index >= 15 is 0 Å². The van der Waals surface area contributed by atoms with Gasteiger partial charge in [0.15, 0.2) is 11.8 Å². The van der Waals surface area contributed by atoms with E-state index in [4.69, 9.17) is 27.9 Å². The van der Waals surface area contributed by atoms with Gasteiger partial charge in [0.2, 0.25) is 0 Å². The number of likely N-dealkylation sites (tertiary alicyclic amines) is 1. The summed E-state index contributed by atoms with van der Waals surface area (Å²) in [6.45, 7) is 1.43. The van der Waals surface area contributed by atoms with Gasteiger partial charge in [0.05, 0.1) is 17.2 Å². The topological polar surface area (TPSA) is 46.6 Å². The minimum Gasteiger partial charge on any atom is -0.467 e. The quantitative estimate of drug-likeness (QED) is 0.487. The van der Waals surface area contributed by atoms with Crippen LogP contribution in [0.1, 0.15) is 23.2 Å². The molecule has 1 fully saturated rings. The summed E-state index contributed by atoms with van der Waals surface area (Å²) >= 11 is 11.8. The molecule has 0 aliphatic carbocycles. The number of benzene rings is 1. The number of esters is 1. The zero-order valence-electron chi connectivity index (χ0n) is 11.1. The molecule has 1 aliphatic heterocycles. The number of methoxy groups -OCH3 is 1. The van der Waals surface area contributed by atoms with Crippen molar-refractivity contribution >= 4 is 35.0 Å². The van der Waals surface area contributed by atoms with Crippen LogP contribution in [0.4, 0.5) is 0 Å². The largest absolute Gasteiger partial charge is 0.467 e. The van der Waals surface area contributed by atoms with Crippen molar-refractivity contribution in [3.05, 3.63) is 33.8 Å². The van der Waals surface area contributed by atoms with Gasteiger partial charge in [-0.2, -0.15) is 0 Å². The van der Waals surface area contributed by atoms with Crippen molar-refractivity contribution in [2.24, 2.45) is 0 Å². The smallest absolute Gasteiger partial charge is 0.331 e. The number of ether oxygens (including phenoxy) is 1. The number of nitrogens with zero attached hydrogens (tertiary/aromatic N) is 1. The summed E-state index contributed by atoms with van der Waals surface area (Å²) in [6.07, 6.45) is 1.95. The maximum atomic E-state index is 12.6. The monoisotopic (exact) mass is 315 g/mol. The Morgan fingerprint density at radius 1 is 1.20 bits per heavy atom. The third-order valence-electron chi connectivity index (χ3n) is 3.38. The first kappa shape index (κ1) is 15.3. The van der Waals surface area contributed by atoms with Crippen LogP contribution in [0.2, 0.25) is 10.0 Å². The van der Waals surface area contributed by atoms with Gasteiger partial charge in [-0.1, -0.05) is 23.2 Å². The summed E-state index contributed by atoms with van der Waals surface area (Å²) in [5, 5.41) is 0.668. The molecule has 2 rings (SSSR count). The lowest BCUT2D eigenvalue weighted by molar-refractivity contribution is -0.144. The first-order chi connectivity index (χ1) is 9.54. The zero-order chi connectivity index (χ0) is 14.7. The Morgan fingerprint density at radius 2 is 1.85 bits per heavy atom. The molecule has 1 aromatic carbocycles. The van der Waals surface area contributed by atoms with Gasteiger partial charge in [-0.15, -0.1) is 0 Å². The Bertz CT molecular complexity index is 527. The molecule has 0 bridgehead atoms. The fraction of sp³-hybridized carbons (Fsp3) is 0.429. The van der Waals surface area contributed by atoms with Crippen LogP contribution in [-0.2, 0) is 9.53 Å². The lowest BCUT2D eigenvalue weighted by Gasteiger charge is -2.23. The van der Waals surface area contributed by atoms with Gasteiger partial charge in [0, 0.05) is 5.56 Å². The first-order valence-electron chi connectivity index (χ1n) is 6.35. The Morgan fingerprint density at radius 3 is 2.40 bits per heavy atom. The van der Waals surface area contributed by atoms with Crippen molar-refractivity contribution in [1.82, 2.24) is 4.90 Å². The van der Waals surface area contributed by atoms with Crippen LogP contribution < -0.4 is 0 Å². The van der Waals surface area contributed by atoms with Gasteiger partial charge in [0.1, 0.15) is 0 Å². The summed E-state index contributed by atoms with van der Waals surface area (Å²) in [7, 11) is 1.29. The molecule has 0 N–H and O–H groups in total. The molecule has 1 saturated heterocycles. The molecule has 0 spiro atoms. The van der Waals surface area contributed by atoms with E-state index in [-0.39, 0.29) is 5.78 Å². The molecule has 1 aromatic rings. The van der Waals surface area contributed by atoms with E-state index in [0.29, 0.717) is 28.7 Å². The van der Waals surface area contributed by atoms with E-state index in [2.05, 4.69) is 0 Å². The Hall–Kier alpha value is -1.10. The maximum Gasteiger partial charge on any atom is 0.331 e. The predicted molar refractivity (Wildman–Crippen MR) is 77.4 cm³/mol. The fourth-order valence-electron chi connectivity index (χ4n) is 2.34. The molecule has 0 radical (unpaired) electrons. The normalized spacial score (nSPS) is 16.9. The fourth-order valence-corrected chi connectivity index (χ4v) is 2.64. The van der Waals surface area contributed by atoms with E-state index in [1.807, 2.05) is 4.90 Å². The molecule has 1 unspecified atom stereocenters. The van der Waals surface area contributed by atoms with Gasteiger partial charge >= 0.3 is 5.97 Å². The number of hydrogen-bond acceptors (Lipinski definition) is 4. The molecule has 4 nitrogen and oxygen atoms in total. The van der Waals surface area contributed by atoms with Crippen molar-refractivity contribution in [2.45, 2.75) is 18.9 Å². The highest BCUT2D eigenvalue weighted by molar-refractivity contribution is 6.42. The number of halogens is 2. The zero-order valence-corrected chi connectivity index (χ0v) is 12.6. The molecular formula is C14H15Cl2NO3. The molecule has 1 atom stereocenters. The number of ketones is 1. The van der Waals surface area contributed by atoms with Gasteiger partial charge in [-0.25, -0.2) is 4.79 Å². The molecule has 0 amide bonds. The summed E-state index contributed by atoms with van der Waals surface area (Å²) in [5.41, 5.74) is 0.363. The second-order valence-electron chi connectivity index (χ2n) is 4.66. The van der Waals surface area contributed by atoms with E-state index in [9.17, 15) is 9.59 Å². The summed E-state index contributed by atoms with van der Waals surface area (Å²) in [4.78, 5) is 26.3. The average molecular weight is 316 g/mol. The first-order valence-corrected chi connectivity index (χ1v) is 7.11. The van der Waals surface area contributed by atoms with Crippen molar-refractivity contribution in [1.29, 1.82) is 0 Å². The predicted octanol–water partition coefficient (Wildman–Crippen LogP) is 2.81. The van der Waals surface area contributed by atoms with Crippen molar-refractivity contribution in [3.63, 3.8) is 0 Å². The Balaban J connectivity index is 2.29. The van der Waals surface area contributed by atoms with Crippen molar-refractivity contribution in [3.8, 4) is 0 Å². The van der Waals surface area contributed by atoms with Crippen LogP contribution in [-0.4, -0.2) is 42.9 Å². The van der Waals surface area contributed by atoms with Gasteiger partial charge in [0.25, 0.3) is 0 Å². The molecule has 6 heteroatoms. The van der Waals surface area contributed by atoms with Gasteiger partial charge in [-0.05, 0) is 44.1 Å². The van der Waals surface area contributed by atoms with Gasteiger partial charge in [-0.3, -0.25) is 9.69 Å². The molecule has 1 aliphatic rings. The lowest BCUT2D eigenvalue weighted by atomic mass is 10.0. The van der Waals surface area contributed by atoms with E-state index in [0.717, 1.165) is 12.8 Å². The highest BCUT2D eigenvalue weighted by atomic mass is 35.5. The van der Waals surface area contributed by atoms with E-state index in [1.54, 1.807) is 12.1 Å². The number of carbonyl (C=O) groups excluding carboxylic acids is 2. The average Bonchev–Trinajstić information content (AvgIpc) is 2.95. The van der Waals surface area contributed by atoms with Crippen molar-refractivity contribution in [2.75, 3.05) is 20.2 Å². The summed E-state index contributed by atoms with van der Waals surface area (Å²) < 4.78 is 4.76. The second-order valence-corrected chi connectivity index (χ2v) is 5.48. The van der Waals surface area contributed by atoms with E-state index in [1.165, 1.54) is 13.2 Å². The molecular weight excluding hydrogens is 301 g/mol. The summed E-state index contributed by atoms with van der Waals surface area (Å²) in [6, 6.07) is 3.70. The van der Waals surface area contributed by atoms with Crippen LogP contribution in [0, 0.1) is 0 Å². The molecule has 108 valence electrons. The SMILES string of the molecule is COC(=O)C(C(=O)c1ccc(Cl)c(Cl)c1)N1CCCC1. The van der Waals surface area contributed by atoms with Crippen LogP contribution in [0.25, 0.3) is 0 Å². The van der Waals surface area contributed by atoms with E-state index < -0.39 is 12.0 Å². The number of Topliss-reactive ketones (excluding diaryl/α,β-unsaturated/α-hetero) is 1. The number of hydrogen-bond donors (Lipinski definition) is 0. The van der Waals surface area contributed by atoms with Crippen LogP contribution in [0.3, 0.4) is 0 Å². The lowest BCUT2D eigenvalue weighted by Crippen LogP contribution is -2.46. The highest BCUT2D eigenvalue weighted by Crippen LogP contribution is 2.24. The Labute approximate surface area is 127 Å². The standard InChI is InChI=1S/C14H15Cl2NO3/c1-20-14(19)12(17-6-2-3-7-17)13(18)9-4-5-10(15)11(16)8-9/h4-5,8,12H,2-3,6-7H2,1H3. The molecule has 20 heavy (non-hydrogen) atoms. The van der Waals surface area contributed by atoms with Crippen molar-refractivity contribution < 1.29 is 14.3 Å². The molecule has 0 saturated carbocycles. The molecule has 1 heterocycles. The number of carbonyl (C=O) groups is 2.